The van der Waals surface area contributed by atoms with Crippen LogP contribution in [0.5, 0.6) is 0 Å². The summed E-state index contributed by atoms with van der Waals surface area (Å²) < 4.78 is 0. The maximum Gasteiger partial charge on any atom is 0.0726 e. The molecule has 1 nitrogen and oxygen atoms in total. The first-order chi connectivity index (χ1) is 22.2. The van der Waals surface area contributed by atoms with Gasteiger partial charge in [0.1, 0.15) is 0 Å². The van der Waals surface area contributed by atoms with Crippen molar-refractivity contribution in [1.82, 2.24) is 0 Å². The summed E-state index contributed by atoms with van der Waals surface area (Å²) in [6, 6.07) is 62.5. The summed E-state index contributed by atoms with van der Waals surface area (Å²) in [5.41, 5.74) is 17.5. The van der Waals surface area contributed by atoms with Crippen LogP contribution in [0.1, 0.15) is 27.8 Å². The summed E-state index contributed by atoms with van der Waals surface area (Å²) >= 11 is 0. The van der Waals surface area contributed by atoms with Crippen LogP contribution in [-0.2, 0) is 5.41 Å². The van der Waals surface area contributed by atoms with Crippen molar-refractivity contribution < 1.29 is 0 Å². The van der Waals surface area contributed by atoms with Crippen molar-refractivity contribution >= 4 is 17.1 Å². The summed E-state index contributed by atoms with van der Waals surface area (Å²) in [5.74, 6) is 0. The number of benzene rings is 7. The summed E-state index contributed by atoms with van der Waals surface area (Å²) in [4.78, 5) is 2.44. The molecule has 7 aromatic rings. The first-order valence-electron chi connectivity index (χ1n) is 15.7. The molecule has 0 N–H and O–H groups in total. The Balaban J connectivity index is 1.32. The zero-order valence-corrected chi connectivity index (χ0v) is 25.1. The lowest BCUT2D eigenvalue weighted by atomic mass is 9.70. The highest BCUT2D eigenvalue weighted by Crippen LogP contribution is 2.64. The molecule has 1 heteroatoms. The topological polar surface area (TPSA) is 3.24 Å². The van der Waals surface area contributed by atoms with Gasteiger partial charge in [-0.05, 0) is 87.3 Å². The van der Waals surface area contributed by atoms with Crippen LogP contribution in [0.25, 0.3) is 33.4 Å². The molecule has 0 fully saturated rings. The van der Waals surface area contributed by atoms with Gasteiger partial charge in [0.15, 0.2) is 0 Å². The lowest BCUT2D eigenvalue weighted by Crippen LogP contribution is -2.26. The fraction of sp³-hybridized carbons (Fsp3) is 0.0455. The van der Waals surface area contributed by atoms with E-state index in [1.807, 2.05) is 0 Å². The maximum atomic E-state index is 2.44. The summed E-state index contributed by atoms with van der Waals surface area (Å²) in [7, 11) is 0. The van der Waals surface area contributed by atoms with E-state index in [1.54, 1.807) is 0 Å². The third-order valence-electron chi connectivity index (χ3n) is 9.76. The van der Waals surface area contributed by atoms with Crippen LogP contribution >= 0.6 is 0 Å². The van der Waals surface area contributed by atoms with Gasteiger partial charge in [0.2, 0.25) is 0 Å². The van der Waals surface area contributed by atoms with Crippen molar-refractivity contribution in [1.29, 1.82) is 0 Å². The predicted octanol–water partition coefficient (Wildman–Crippen LogP) is 11.5. The van der Waals surface area contributed by atoms with Gasteiger partial charge in [-0.2, -0.15) is 0 Å². The van der Waals surface area contributed by atoms with Gasteiger partial charge in [-0.15, -0.1) is 0 Å². The average molecular weight is 574 g/mol. The lowest BCUT2D eigenvalue weighted by molar-refractivity contribution is 0.794. The van der Waals surface area contributed by atoms with Gasteiger partial charge in [0.05, 0.1) is 11.1 Å². The van der Waals surface area contributed by atoms with E-state index in [1.165, 1.54) is 66.9 Å². The highest BCUT2D eigenvalue weighted by atomic mass is 15.1. The number of hydrogen-bond donors (Lipinski definition) is 0. The highest BCUT2D eigenvalue weighted by molar-refractivity contribution is 6.01. The first-order valence-corrected chi connectivity index (χ1v) is 15.7. The molecule has 0 unspecified atom stereocenters. The van der Waals surface area contributed by atoms with Crippen LogP contribution in [0, 0.1) is 6.92 Å². The number of hydrogen-bond acceptors (Lipinski definition) is 1. The van der Waals surface area contributed by atoms with Crippen LogP contribution in [0.3, 0.4) is 0 Å². The van der Waals surface area contributed by atoms with Gasteiger partial charge >= 0.3 is 0 Å². The Morgan fingerprint density at radius 3 is 1.47 bits per heavy atom. The van der Waals surface area contributed by atoms with Crippen molar-refractivity contribution in [3.8, 4) is 33.4 Å². The Labute approximate surface area is 264 Å². The molecule has 0 aromatic heterocycles. The zero-order chi connectivity index (χ0) is 30.0. The van der Waals surface area contributed by atoms with Crippen LogP contribution in [0.4, 0.5) is 17.1 Å². The smallest absolute Gasteiger partial charge is 0.0726 e. The molecule has 2 aliphatic rings. The Hall–Kier alpha value is -5.66. The zero-order valence-electron chi connectivity index (χ0n) is 25.1. The minimum Gasteiger partial charge on any atom is -0.310 e. The Morgan fingerprint density at radius 1 is 0.378 bits per heavy atom. The second-order valence-corrected chi connectivity index (χ2v) is 12.2. The van der Waals surface area contributed by atoms with Crippen molar-refractivity contribution in [3.05, 3.63) is 198 Å². The molecule has 0 heterocycles. The number of nitrogens with zero attached hydrogens (tertiary/aromatic N) is 1. The second kappa shape index (κ2) is 9.94. The Morgan fingerprint density at radius 2 is 0.844 bits per heavy atom. The molecule has 0 bridgehead atoms. The van der Waals surface area contributed by atoms with E-state index in [-0.39, 0.29) is 5.41 Å². The highest BCUT2D eigenvalue weighted by Gasteiger charge is 2.52. The van der Waals surface area contributed by atoms with Crippen molar-refractivity contribution in [2.24, 2.45) is 0 Å². The quantitative estimate of drug-likeness (QED) is 0.202. The number of fused-ring (bicyclic) bond motifs is 10. The minimum atomic E-state index is -0.370. The lowest BCUT2D eigenvalue weighted by Gasteiger charge is -2.31. The number of anilines is 3. The standard InChI is InChI=1S/C44H31N/c1-30-22-26-33(27-23-30)45(34-28-24-32(25-29-34)31-12-3-2-4-13-31)42-21-11-20-41-43(42)37-16-7-10-19-40(37)44(41)38-17-8-5-14-35(38)36-15-6-9-18-39(36)44/h2-29H,1H3. The maximum absolute atomic E-state index is 2.44. The third kappa shape index (κ3) is 3.68. The van der Waals surface area contributed by atoms with Gasteiger partial charge in [-0.1, -0.05) is 145 Å². The number of aryl methyl sites for hydroxylation is 1. The number of rotatable bonds is 4. The van der Waals surface area contributed by atoms with Crippen molar-refractivity contribution in [3.63, 3.8) is 0 Å². The molecule has 0 aliphatic heterocycles. The molecule has 7 aromatic carbocycles. The first kappa shape index (κ1) is 25.8. The van der Waals surface area contributed by atoms with Crippen molar-refractivity contribution in [2.75, 3.05) is 4.90 Å². The van der Waals surface area contributed by atoms with E-state index in [9.17, 15) is 0 Å². The van der Waals surface area contributed by atoms with Crippen LogP contribution in [-0.4, -0.2) is 0 Å². The SMILES string of the molecule is Cc1ccc(N(c2ccc(-c3ccccc3)cc2)c2cccc3c2-c2ccccc2C32c3ccccc3-c3ccccc32)cc1. The summed E-state index contributed by atoms with van der Waals surface area (Å²) in [6.07, 6.45) is 0. The average Bonchev–Trinajstić information content (AvgIpc) is 3.58. The second-order valence-electron chi connectivity index (χ2n) is 12.2. The molecular weight excluding hydrogens is 542 g/mol. The van der Waals surface area contributed by atoms with Gasteiger partial charge in [0.25, 0.3) is 0 Å². The molecule has 0 atom stereocenters. The Kier molecular flexibility index (Phi) is 5.70. The van der Waals surface area contributed by atoms with Crippen molar-refractivity contribution in [2.45, 2.75) is 12.3 Å². The predicted molar refractivity (Wildman–Crippen MR) is 188 cm³/mol. The van der Waals surface area contributed by atoms with Crippen LogP contribution < -0.4 is 4.90 Å². The molecule has 0 radical (unpaired) electrons. The molecule has 0 saturated carbocycles. The van der Waals surface area contributed by atoms with Gasteiger partial charge in [-0.25, -0.2) is 0 Å². The monoisotopic (exact) mass is 573 g/mol. The van der Waals surface area contributed by atoms with E-state index < -0.39 is 0 Å². The Bertz CT molecular complexity index is 2160. The van der Waals surface area contributed by atoms with Gasteiger partial charge in [0, 0.05) is 16.9 Å². The largest absolute Gasteiger partial charge is 0.310 e. The van der Waals surface area contributed by atoms with E-state index in [4.69, 9.17) is 0 Å². The molecule has 212 valence electrons. The van der Waals surface area contributed by atoms with E-state index in [0.717, 1.165) is 11.4 Å². The van der Waals surface area contributed by atoms with Crippen LogP contribution in [0.15, 0.2) is 170 Å². The fourth-order valence-electron chi connectivity index (χ4n) is 7.87. The van der Waals surface area contributed by atoms with Crippen LogP contribution in [0.2, 0.25) is 0 Å². The van der Waals surface area contributed by atoms with Gasteiger partial charge in [-0.3, -0.25) is 0 Å². The third-order valence-corrected chi connectivity index (χ3v) is 9.76. The molecule has 45 heavy (non-hydrogen) atoms. The molecule has 1 spiro atoms. The summed E-state index contributed by atoms with van der Waals surface area (Å²) in [6.45, 7) is 2.15. The van der Waals surface area contributed by atoms with Gasteiger partial charge < -0.3 is 4.90 Å². The molecule has 2 aliphatic carbocycles. The van der Waals surface area contributed by atoms with E-state index in [0.29, 0.717) is 0 Å². The summed E-state index contributed by atoms with van der Waals surface area (Å²) in [5, 5.41) is 0. The molecular formula is C44H31N. The fourth-order valence-corrected chi connectivity index (χ4v) is 7.87. The molecule has 9 rings (SSSR count). The normalized spacial score (nSPS) is 13.2. The molecule has 0 saturated heterocycles. The molecule has 0 amide bonds. The van der Waals surface area contributed by atoms with E-state index >= 15 is 0 Å². The minimum absolute atomic E-state index is 0.370. The van der Waals surface area contributed by atoms with E-state index in [2.05, 4.69) is 182 Å².